The van der Waals surface area contributed by atoms with E-state index in [2.05, 4.69) is 15.6 Å². The van der Waals surface area contributed by atoms with Gasteiger partial charge in [-0.2, -0.15) is 0 Å². The molecular formula is C34H30ClFeN3O3. The molecular weight excluding hydrogens is 590 g/mol. The van der Waals surface area contributed by atoms with Gasteiger partial charge in [0.25, 0.3) is 5.91 Å². The van der Waals surface area contributed by atoms with Crippen LogP contribution in [0.15, 0.2) is 128 Å². The zero-order valence-corrected chi connectivity index (χ0v) is 24.6. The van der Waals surface area contributed by atoms with Crippen LogP contribution in [0.3, 0.4) is 0 Å². The number of fused-ring (bicyclic) bond motifs is 1. The van der Waals surface area contributed by atoms with Crippen LogP contribution in [0.5, 0.6) is 5.75 Å². The molecule has 0 aliphatic heterocycles. The molecule has 5 aromatic rings. The maximum Gasteiger partial charge on any atom is 0.258 e. The van der Waals surface area contributed by atoms with E-state index in [-0.39, 0.29) is 35.4 Å². The number of nitrogens with zero attached hydrogens (tertiary/aromatic N) is 1. The van der Waals surface area contributed by atoms with Gasteiger partial charge in [-0.1, -0.05) is 96.5 Å². The molecule has 214 valence electrons. The van der Waals surface area contributed by atoms with Crippen LogP contribution in [-0.2, 0) is 21.9 Å². The number of carbonyl (C=O) groups is 2. The Labute approximate surface area is 261 Å². The van der Waals surface area contributed by atoms with Gasteiger partial charge >= 0.3 is 0 Å². The van der Waals surface area contributed by atoms with Crippen molar-refractivity contribution in [2.75, 3.05) is 25.0 Å². The van der Waals surface area contributed by atoms with E-state index in [1.165, 1.54) is 6.08 Å². The van der Waals surface area contributed by atoms with Gasteiger partial charge in [0.1, 0.15) is 5.75 Å². The number of amides is 1. The zero-order chi connectivity index (χ0) is 28.7. The Bertz CT molecular complexity index is 1550. The molecule has 0 bridgehead atoms. The van der Waals surface area contributed by atoms with Gasteiger partial charge in [0.15, 0.2) is 12.4 Å². The number of aromatic nitrogens is 1. The number of rotatable bonds is 10. The number of halogens is 1. The summed E-state index contributed by atoms with van der Waals surface area (Å²) in [5.41, 5.74) is 3.24. The number of hydrogen-bond donors (Lipinski definition) is 2. The number of carbonyl (C=O) groups excluding carboxylic acids is 2. The van der Waals surface area contributed by atoms with Gasteiger partial charge in [-0.15, -0.1) is 0 Å². The van der Waals surface area contributed by atoms with Gasteiger partial charge in [-0.3, -0.25) is 14.6 Å². The van der Waals surface area contributed by atoms with E-state index in [9.17, 15) is 9.59 Å². The summed E-state index contributed by atoms with van der Waals surface area (Å²) in [4.78, 5) is 28.6. The molecule has 0 saturated heterocycles. The van der Waals surface area contributed by atoms with Crippen LogP contribution in [0, 0.1) is 0 Å². The number of anilines is 1. The monoisotopic (exact) mass is 619 g/mol. The van der Waals surface area contributed by atoms with Crippen molar-refractivity contribution in [1.82, 2.24) is 10.3 Å². The smallest absolute Gasteiger partial charge is 0.258 e. The van der Waals surface area contributed by atoms with Crippen LogP contribution in [0.25, 0.3) is 17.0 Å². The van der Waals surface area contributed by atoms with Crippen LogP contribution < -0.4 is 15.4 Å². The van der Waals surface area contributed by atoms with Gasteiger partial charge in [0, 0.05) is 58.0 Å². The molecule has 1 aromatic heterocycles. The Hall–Kier alpha value is -4.42. The fraction of sp³-hybridized carbons (Fsp3) is 0.0882. The molecule has 0 saturated carbocycles. The van der Waals surface area contributed by atoms with E-state index in [4.69, 9.17) is 16.3 Å². The average Bonchev–Trinajstić information content (AvgIpc) is 3.03. The van der Waals surface area contributed by atoms with Gasteiger partial charge in [-0.05, 0) is 48.0 Å². The molecule has 0 aliphatic carbocycles. The van der Waals surface area contributed by atoms with Gasteiger partial charge < -0.3 is 15.4 Å². The first-order valence-electron chi connectivity index (χ1n) is 13.1. The molecule has 2 N–H and O–H groups in total. The van der Waals surface area contributed by atoms with Gasteiger partial charge in [0.2, 0.25) is 0 Å². The number of ketones is 1. The van der Waals surface area contributed by atoms with Crippen LogP contribution in [0.1, 0.15) is 15.9 Å². The molecule has 8 heteroatoms. The minimum absolute atomic E-state index is 0. The van der Waals surface area contributed by atoms with E-state index in [0.717, 1.165) is 22.2 Å². The minimum atomic E-state index is -0.212. The third-order valence-corrected chi connectivity index (χ3v) is 6.10. The van der Waals surface area contributed by atoms with Crippen LogP contribution in [-0.4, -0.2) is 36.4 Å². The van der Waals surface area contributed by atoms with E-state index < -0.39 is 0 Å². The molecule has 0 spiro atoms. The van der Waals surface area contributed by atoms with Crippen molar-refractivity contribution >= 4 is 46.0 Å². The second-order valence-corrected chi connectivity index (χ2v) is 9.31. The minimum Gasteiger partial charge on any atom is -0.484 e. The molecule has 1 amide bonds. The second kappa shape index (κ2) is 17.4. The summed E-state index contributed by atoms with van der Waals surface area (Å²) in [5, 5.41) is 7.74. The Morgan fingerprint density at radius 3 is 2.17 bits per heavy atom. The van der Waals surface area contributed by atoms with Crippen molar-refractivity contribution in [3.63, 3.8) is 0 Å². The number of benzene rings is 4. The maximum atomic E-state index is 12.2. The van der Waals surface area contributed by atoms with Crippen molar-refractivity contribution in [3.05, 3.63) is 144 Å². The molecule has 5 rings (SSSR count). The van der Waals surface area contributed by atoms with E-state index in [0.29, 0.717) is 29.4 Å². The maximum absolute atomic E-state index is 12.2. The van der Waals surface area contributed by atoms with Crippen molar-refractivity contribution < 1.29 is 31.4 Å². The van der Waals surface area contributed by atoms with Crippen LogP contribution in [0.2, 0.25) is 5.02 Å². The average molecular weight is 620 g/mol. The van der Waals surface area contributed by atoms with Crippen molar-refractivity contribution in [2.24, 2.45) is 0 Å². The molecule has 42 heavy (non-hydrogen) atoms. The summed E-state index contributed by atoms with van der Waals surface area (Å²) in [6.45, 7) is 0.910. The number of nitrogens with one attached hydrogen (secondary N) is 2. The van der Waals surface area contributed by atoms with Crippen molar-refractivity contribution in [3.8, 4) is 5.75 Å². The Balaban J connectivity index is 0.000000615. The normalized spacial score (nSPS) is 10.2. The van der Waals surface area contributed by atoms with Gasteiger partial charge in [-0.25, -0.2) is 0 Å². The first-order valence-corrected chi connectivity index (χ1v) is 13.5. The molecule has 6 nitrogen and oxygen atoms in total. The van der Waals surface area contributed by atoms with Crippen molar-refractivity contribution in [2.45, 2.75) is 0 Å². The summed E-state index contributed by atoms with van der Waals surface area (Å²) in [5.74, 6) is 0.306. The Morgan fingerprint density at radius 1 is 0.810 bits per heavy atom. The van der Waals surface area contributed by atoms with Gasteiger partial charge in [0.05, 0.1) is 5.52 Å². The molecule has 4 aromatic carbocycles. The van der Waals surface area contributed by atoms with E-state index >= 15 is 0 Å². The molecule has 1 heterocycles. The zero-order valence-electron chi connectivity index (χ0n) is 22.7. The predicted molar refractivity (Wildman–Crippen MR) is 166 cm³/mol. The first kappa shape index (κ1) is 32.1. The summed E-state index contributed by atoms with van der Waals surface area (Å²) in [6, 6.07) is 35.7. The fourth-order valence-corrected chi connectivity index (χ4v) is 3.97. The molecule has 0 fully saturated rings. The van der Waals surface area contributed by atoms with E-state index in [1.807, 2.05) is 91.0 Å². The molecule has 0 atom stereocenters. The SMILES string of the molecule is O=C(COc1ccc(/C=C/C(=O)c2ccccc2)cc1)NCCNc1ccnc2cc(Cl)ccc12.[Fe].c1ccccc1. The molecule has 0 aliphatic rings. The Kier molecular flexibility index (Phi) is 13.3. The molecule has 0 unspecified atom stereocenters. The van der Waals surface area contributed by atoms with Crippen LogP contribution >= 0.6 is 11.6 Å². The quantitative estimate of drug-likeness (QED) is 0.0756. The largest absolute Gasteiger partial charge is 0.484 e. The topological polar surface area (TPSA) is 80.3 Å². The third kappa shape index (κ3) is 10.5. The summed E-state index contributed by atoms with van der Waals surface area (Å²) < 4.78 is 5.56. The predicted octanol–water partition coefficient (Wildman–Crippen LogP) is 7.08. The second-order valence-electron chi connectivity index (χ2n) is 8.87. The van der Waals surface area contributed by atoms with Crippen LogP contribution in [0.4, 0.5) is 5.69 Å². The number of hydrogen-bond acceptors (Lipinski definition) is 5. The summed E-state index contributed by atoms with van der Waals surface area (Å²) in [7, 11) is 0. The standard InChI is InChI=1S/C28H24ClN3O3.C6H6.Fe/c29-22-9-12-24-25(14-15-30-26(24)18-22)31-16-17-32-28(34)19-35-23-10-6-20(7-11-23)8-13-27(33)21-4-2-1-3-5-21;1-2-4-6-5-3-1;/h1-15,18H,16-17,19H2,(H,30,31)(H,32,34);1-6H;/b13-8+;;. The van der Waals surface area contributed by atoms with Crippen molar-refractivity contribution in [1.29, 1.82) is 0 Å². The van der Waals surface area contributed by atoms with E-state index in [1.54, 1.807) is 36.5 Å². The first-order chi connectivity index (χ1) is 20.1. The number of ether oxygens (including phenoxy) is 1. The number of allylic oxidation sites excluding steroid dienone is 1. The fourth-order valence-electron chi connectivity index (χ4n) is 3.81. The summed E-state index contributed by atoms with van der Waals surface area (Å²) >= 11 is 6.03. The Morgan fingerprint density at radius 2 is 1.48 bits per heavy atom. The molecule has 0 radical (unpaired) electrons. The summed E-state index contributed by atoms with van der Waals surface area (Å²) in [6.07, 6.45) is 5.01. The third-order valence-electron chi connectivity index (χ3n) is 5.87. The number of pyridine rings is 1.